The molecular formula is C13H19N3O2. The third-order valence-electron chi connectivity index (χ3n) is 3.36. The van der Waals surface area contributed by atoms with Crippen LogP contribution in [0.2, 0.25) is 0 Å². The Labute approximate surface area is 106 Å². The second kappa shape index (κ2) is 4.49. The van der Waals surface area contributed by atoms with Crippen molar-refractivity contribution < 1.29 is 9.90 Å². The monoisotopic (exact) mass is 249 g/mol. The molecule has 5 heteroatoms. The van der Waals surface area contributed by atoms with Crippen LogP contribution < -0.4 is 16.4 Å². The second-order valence-electron chi connectivity index (χ2n) is 5.12. The highest BCUT2D eigenvalue weighted by atomic mass is 16.3. The number of aliphatic hydroxyl groups is 1. The number of carbonyl (C=O) groups is 1. The number of carbonyl (C=O) groups excluding carboxylic acids is 1. The van der Waals surface area contributed by atoms with E-state index in [2.05, 4.69) is 0 Å². The van der Waals surface area contributed by atoms with Crippen LogP contribution in [0.3, 0.4) is 0 Å². The summed E-state index contributed by atoms with van der Waals surface area (Å²) in [6.45, 7) is 3.15. The molecule has 1 unspecified atom stereocenters. The molecule has 5 nitrogen and oxygen atoms in total. The normalized spacial score (nSPS) is 24.0. The van der Waals surface area contributed by atoms with Crippen LogP contribution in [0.15, 0.2) is 18.2 Å². The average molecular weight is 249 g/mol. The van der Waals surface area contributed by atoms with Crippen molar-refractivity contribution in [3.05, 3.63) is 23.8 Å². The number of primary amides is 1. The van der Waals surface area contributed by atoms with Gasteiger partial charge in [0.2, 0.25) is 0 Å². The van der Waals surface area contributed by atoms with Gasteiger partial charge in [0.25, 0.3) is 5.91 Å². The summed E-state index contributed by atoms with van der Waals surface area (Å²) >= 11 is 0. The summed E-state index contributed by atoms with van der Waals surface area (Å²) < 4.78 is 0. The van der Waals surface area contributed by atoms with Crippen molar-refractivity contribution in [3.63, 3.8) is 0 Å². The molecule has 0 spiro atoms. The maximum atomic E-state index is 11.3. The van der Waals surface area contributed by atoms with E-state index in [-0.39, 0.29) is 0 Å². The Morgan fingerprint density at radius 1 is 1.50 bits per heavy atom. The van der Waals surface area contributed by atoms with Gasteiger partial charge in [0, 0.05) is 13.1 Å². The van der Waals surface area contributed by atoms with E-state index in [1.165, 1.54) is 0 Å². The van der Waals surface area contributed by atoms with Gasteiger partial charge in [0.1, 0.15) is 0 Å². The van der Waals surface area contributed by atoms with Gasteiger partial charge in [-0.15, -0.1) is 0 Å². The number of hydrogen-bond donors (Lipinski definition) is 3. The van der Waals surface area contributed by atoms with Crippen molar-refractivity contribution in [2.45, 2.75) is 25.4 Å². The third kappa shape index (κ3) is 2.41. The summed E-state index contributed by atoms with van der Waals surface area (Å²) in [5, 5.41) is 10.1. The predicted octanol–water partition coefficient (Wildman–Crippen LogP) is 0.719. The molecule has 1 aromatic rings. The second-order valence-corrected chi connectivity index (χ2v) is 5.12. The zero-order chi connectivity index (χ0) is 13.3. The van der Waals surface area contributed by atoms with Gasteiger partial charge >= 0.3 is 0 Å². The Kier molecular flexibility index (Phi) is 3.17. The summed E-state index contributed by atoms with van der Waals surface area (Å²) in [6.07, 6.45) is 1.67. The lowest BCUT2D eigenvalue weighted by Crippen LogP contribution is -2.46. The van der Waals surface area contributed by atoms with Crippen molar-refractivity contribution in [3.8, 4) is 0 Å². The van der Waals surface area contributed by atoms with Crippen LogP contribution in [-0.4, -0.2) is 29.7 Å². The van der Waals surface area contributed by atoms with Crippen molar-refractivity contribution in [1.82, 2.24) is 0 Å². The number of amides is 1. The van der Waals surface area contributed by atoms with Crippen LogP contribution in [0.1, 0.15) is 30.1 Å². The molecule has 98 valence electrons. The van der Waals surface area contributed by atoms with Crippen LogP contribution in [0.5, 0.6) is 0 Å². The maximum absolute atomic E-state index is 11.3. The Bertz CT molecular complexity index is 471. The molecule has 1 aliphatic rings. The molecule has 0 bridgehead atoms. The molecule has 1 aliphatic heterocycles. The van der Waals surface area contributed by atoms with E-state index < -0.39 is 11.5 Å². The fourth-order valence-electron chi connectivity index (χ4n) is 2.47. The van der Waals surface area contributed by atoms with Crippen LogP contribution in [0.4, 0.5) is 11.4 Å². The Morgan fingerprint density at radius 3 is 2.83 bits per heavy atom. The molecule has 18 heavy (non-hydrogen) atoms. The van der Waals surface area contributed by atoms with E-state index in [1.54, 1.807) is 12.1 Å². The van der Waals surface area contributed by atoms with Gasteiger partial charge in [-0.1, -0.05) is 6.07 Å². The number of hydrogen-bond acceptors (Lipinski definition) is 4. The Hall–Kier alpha value is -1.75. The van der Waals surface area contributed by atoms with E-state index >= 15 is 0 Å². The Balaban J connectivity index is 2.34. The maximum Gasteiger partial charge on any atom is 0.250 e. The van der Waals surface area contributed by atoms with Crippen LogP contribution in [0.25, 0.3) is 0 Å². The van der Waals surface area contributed by atoms with Crippen molar-refractivity contribution in [1.29, 1.82) is 0 Å². The quantitative estimate of drug-likeness (QED) is 0.673. The molecule has 0 aromatic heterocycles. The van der Waals surface area contributed by atoms with Gasteiger partial charge in [-0.05, 0) is 31.9 Å². The molecular weight excluding hydrogens is 230 g/mol. The number of nitrogens with two attached hydrogens (primary N) is 2. The van der Waals surface area contributed by atoms with Gasteiger partial charge in [0.15, 0.2) is 0 Å². The number of para-hydroxylation sites is 1. The largest absolute Gasteiger partial charge is 0.396 e. The number of piperidine rings is 1. The molecule has 1 aromatic carbocycles. The topological polar surface area (TPSA) is 92.6 Å². The molecule has 1 saturated heterocycles. The fourth-order valence-corrected chi connectivity index (χ4v) is 2.47. The van der Waals surface area contributed by atoms with Crippen molar-refractivity contribution >= 4 is 17.3 Å². The van der Waals surface area contributed by atoms with Gasteiger partial charge < -0.3 is 21.5 Å². The number of anilines is 2. The summed E-state index contributed by atoms with van der Waals surface area (Å²) in [5.74, 6) is -0.530. The summed E-state index contributed by atoms with van der Waals surface area (Å²) in [4.78, 5) is 13.3. The molecule has 5 N–H and O–H groups in total. The fraction of sp³-hybridized carbons (Fsp3) is 0.462. The minimum absolute atomic E-state index is 0.331. The van der Waals surface area contributed by atoms with Crippen LogP contribution in [-0.2, 0) is 0 Å². The van der Waals surface area contributed by atoms with Gasteiger partial charge in [0.05, 0.1) is 22.5 Å². The third-order valence-corrected chi connectivity index (χ3v) is 3.36. The van der Waals surface area contributed by atoms with E-state index in [9.17, 15) is 9.90 Å². The molecule has 2 rings (SSSR count). The zero-order valence-electron chi connectivity index (χ0n) is 10.5. The number of nitrogen functional groups attached to an aromatic ring is 1. The smallest absolute Gasteiger partial charge is 0.250 e. The molecule has 0 saturated carbocycles. The first-order valence-electron chi connectivity index (χ1n) is 6.06. The number of nitrogens with zero attached hydrogens (tertiary/aromatic N) is 1. The lowest BCUT2D eigenvalue weighted by Gasteiger charge is -2.38. The first kappa shape index (κ1) is 12.7. The van der Waals surface area contributed by atoms with E-state index in [4.69, 9.17) is 11.5 Å². The van der Waals surface area contributed by atoms with Gasteiger partial charge in [-0.25, -0.2) is 0 Å². The van der Waals surface area contributed by atoms with E-state index in [0.717, 1.165) is 25.1 Å². The summed E-state index contributed by atoms with van der Waals surface area (Å²) in [5.41, 5.74) is 12.0. The highest BCUT2D eigenvalue weighted by molar-refractivity contribution is 6.00. The van der Waals surface area contributed by atoms with Crippen LogP contribution >= 0.6 is 0 Å². The molecule has 1 atom stereocenters. The highest BCUT2D eigenvalue weighted by Crippen LogP contribution is 2.31. The van der Waals surface area contributed by atoms with Crippen molar-refractivity contribution in [2.75, 3.05) is 23.7 Å². The minimum Gasteiger partial charge on any atom is -0.396 e. The molecule has 0 radical (unpaired) electrons. The number of rotatable bonds is 2. The standard InChI is InChI=1S/C13H19N3O2/c1-13(18)6-3-7-16(8-13)10-5-2-4-9(11(10)14)12(15)17/h2,4-5,18H,3,6-8,14H2,1H3,(H2,15,17). The highest BCUT2D eigenvalue weighted by Gasteiger charge is 2.29. The van der Waals surface area contributed by atoms with Crippen LogP contribution in [0, 0.1) is 0 Å². The Morgan fingerprint density at radius 2 is 2.22 bits per heavy atom. The average Bonchev–Trinajstić information content (AvgIpc) is 2.27. The van der Waals surface area contributed by atoms with Crippen molar-refractivity contribution in [2.24, 2.45) is 5.73 Å². The number of β-amino-alcohol motifs (C(OH)–C–C–N with tert-alkyl or cyclic N) is 1. The SMILES string of the molecule is CC1(O)CCCN(c2cccc(C(N)=O)c2N)C1. The molecule has 0 aliphatic carbocycles. The zero-order valence-corrected chi connectivity index (χ0v) is 10.5. The molecule has 1 heterocycles. The van der Waals surface area contributed by atoms with Gasteiger partial charge in [-0.2, -0.15) is 0 Å². The minimum atomic E-state index is -0.715. The predicted molar refractivity (Wildman–Crippen MR) is 71.4 cm³/mol. The molecule has 1 fully saturated rings. The van der Waals surface area contributed by atoms with E-state index in [1.807, 2.05) is 17.9 Å². The number of benzene rings is 1. The summed E-state index contributed by atoms with van der Waals surface area (Å²) in [7, 11) is 0. The lowest BCUT2D eigenvalue weighted by atomic mass is 9.94. The van der Waals surface area contributed by atoms with Gasteiger partial charge in [-0.3, -0.25) is 4.79 Å². The lowest BCUT2D eigenvalue weighted by molar-refractivity contribution is 0.0450. The first-order valence-corrected chi connectivity index (χ1v) is 6.06. The molecule has 1 amide bonds. The van der Waals surface area contributed by atoms with E-state index in [0.29, 0.717) is 17.8 Å². The summed E-state index contributed by atoms with van der Waals surface area (Å²) in [6, 6.07) is 5.22. The first-order chi connectivity index (χ1) is 8.41.